The van der Waals surface area contributed by atoms with Gasteiger partial charge in [0.05, 0.1) is 32.1 Å². The van der Waals surface area contributed by atoms with Crippen molar-refractivity contribution in [3.8, 4) is 22.8 Å². The van der Waals surface area contributed by atoms with Gasteiger partial charge in [-0.2, -0.15) is 10.2 Å². The maximum Gasteiger partial charge on any atom is 0.289 e. The van der Waals surface area contributed by atoms with Gasteiger partial charge < -0.3 is 19.4 Å². The predicted octanol–water partition coefficient (Wildman–Crippen LogP) is 1.22. The van der Waals surface area contributed by atoms with E-state index in [1.54, 1.807) is 49.6 Å². The maximum absolute atomic E-state index is 12.3. The maximum atomic E-state index is 12.3. The summed E-state index contributed by atoms with van der Waals surface area (Å²) in [4.78, 5) is 23.3. The van der Waals surface area contributed by atoms with Crippen LogP contribution in [0, 0.1) is 0 Å². The summed E-state index contributed by atoms with van der Waals surface area (Å²) in [5.41, 5.74) is 4.04. The highest BCUT2D eigenvalue weighted by atomic mass is 16.5. The van der Waals surface area contributed by atoms with Gasteiger partial charge in [0, 0.05) is 16.7 Å². The number of carbonyl (C=O) groups excluding carboxylic acids is 2. The molecule has 0 bridgehead atoms. The molecule has 2 N–H and O–H groups in total. The number of rotatable bonds is 7. The summed E-state index contributed by atoms with van der Waals surface area (Å²) in [6, 6.07) is 13.0. The van der Waals surface area contributed by atoms with Crippen molar-refractivity contribution in [2.45, 2.75) is 0 Å². The number of hydrogen-bond donors (Lipinski definition) is 2. The number of nitrogens with one attached hydrogen (secondary N) is 2. The fourth-order valence-electron chi connectivity index (χ4n) is 2.60. The van der Waals surface area contributed by atoms with Crippen LogP contribution in [0.25, 0.3) is 11.3 Å². The molecular weight excluding hydrogens is 376 g/mol. The average molecular weight is 393 g/mol. The van der Waals surface area contributed by atoms with E-state index < -0.39 is 11.9 Å². The number of H-pyrrole nitrogens is 1. The van der Waals surface area contributed by atoms with Crippen molar-refractivity contribution in [1.29, 1.82) is 0 Å². The first-order valence-electron chi connectivity index (χ1n) is 8.45. The third kappa shape index (κ3) is 4.41. The third-order valence-electron chi connectivity index (χ3n) is 4.05. The Balaban J connectivity index is 1.73. The minimum atomic E-state index is -1.33. The van der Waals surface area contributed by atoms with E-state index in [2.05, 4.69) is 20.7 Å². The molecule has 0 aliphatic carbocycles. The first kappa shape index (κ1) is 19.6. The molecular formula is C20H17N4O5-. The van der Waals surface area contributed by atoms with Crippen LogP contribution in [0.15, 0.2) is 53.6 Å². The van der Waals surface area contributed by atoms with Crippen LogP contribution < -0.4 is 20.0 Å². The molecule has 2 aromatic carbocycles. The van der Waals surface area contributed by atoms with E-state index in [1.807, 2.05) is 0 Å². The molecule has 0 saturated carbocycles. The molecule has 0 atom stereocenters. The lowest BCUT2D eigenvalue weighted by Crippen LogP contribution is -2.24. The topological polar surface area (TPSA) is 129 Å². The minimum Gasteiger partial charge on any atom is -0.545 e. The number of hydrogen-bond acceptors (Lipinski definition) is 7. The number of methoxy groups -OCH3 is 2. The lowest BCUT2D eigenvalue weighted by Gasteiger charge is -2.08. The van der Waals surface area contributed by atoms with E-state index in [0.29, 0.717) is 22.8 Å². The van der Waals surface area contributed by atoms with Crippen molar-refractivity contribution < 1.29 is 24.2 Å². The number of hydrazone groups is 1. The van der Waals surface area contributed by atoms with Crippen molar-refractivity contribution >= 4 is 18.1 Å². The van der Waals surface area contributed by atoms with Gasteiger partial charge >= 0.3 is 0 Å². The number of amides is 1. The zero-order valence-electron chi connectivity index (χ0n) is 15.6. The van der Waals surface area contributed by atoms with Gasteiger partial charge in [0.15, 0.2) is 11.5 Å². The molecule has 0 saturated heterocycles. The molecule has 3 aromatic rings. The summed E-state index contributed by atoms with van der Waals surface area (Å²) in [6.07, 6.45) is 1.23. The average Bonchev–Trinajstić information content (AvgIpc) is 3.23. The summed E-state index contributed by atoms with van der Waals surface area (Å²) in [5.74, 6) is -0.746. The molecule has 0 aliphatic rings. The predicted molar refractivity (Wildman–Crippen MR) is 103 cm³/mol. The van der Waals surface area contributed by atoms with Gasteiger partial charge in [0.25, 0.3) is 5.91 Å². The highest BCUT2D eigenvalue weighted by molar-refractivity contribution is 5.98. The Morgan fingerprint density at radius 2 is 1.86 bits per heavy atom. The third-order valence-corrected chi connectivity index (χ3v) is 4.05. The van der Waals surface area contributed by atoms with Gasteiger partial charge in [0.1, 0.15) is 5.69 Å². The van der Waals surface area contributed by atoms with Gasteiger partial charge in [-0.25, -0.2) is 5.43 Å². The molecule has 148 valence electrons. The Morgan fingerprint density at radius 1 is 1.10 bits per heavy atom. The van der Waals surface area contributed by atoms with Gasteiger partial charge in [-0.15, -0.1) is 0 Å². The van der Waals surface area contributed by atoms with Crippen molar-refractivity contribution in [2.24, 2.45) is 5.10 Å². The van der Waals surface area contributed by atoms with Crippen molar-refractivity contribution in [2.75, 3.05) is 14.2 Å². The molecule has 9 heteroatoms. The van der Waals surface area contributed by atoms with E-state index in [4.69, 9.17) is 9.47 Å². The summed E-state index contributed by atoms with van der Waals surface area (Å²) in [7, 11) is 3.07. The first-order chi connectivity index (χ1) is 14.0. The Morgan fingerprint density at radius 3 is 2.59 bits per heavy atom. The Hall–Kier alpha value is -4.14. The van der Waals surface area contributed by atoms with Crippen LogP contribution in [0.2, 0.25) is 0 Å². The van der Waals surface area contributed by atoms with Crippen LogP contribution in [-0.2, 0) is 0 Å². The second-order valence-corrected chi connectivity index (χ2v) is 5.81. The molecule has 9 nitrogen and oxygen atoms in total. The molecule has 0 fully saturated rings. The number of ether oxygens (including phenoxy) is 2. The van der Waals surface area contributed by atoms with Crippen LogP contribution in [0.4, 0.5) is 0 Å². The van der Waals surface area contributed by atoms with Crippen LogP contribution in [0.1, 0.15) is 26.4 Å². The zero-order valence-corrected chi connectivity index (χ0v) is 15.6. The highest BCUT2D eigenvalue weighted by Crippen LogP contribution is 2.31. The quantitative estimate of drug-likeness (QED) is 0.459. The summed E-state index contributed by atoms with van der Waals surface area (Å²) in [6.45, 7) is 0. The fraction of sp³-hybridized carbons (Fsp3) is 0.100. The second kappa shape index (κ2) is 8.70. The molecule has 3 rings (SSSR count). The standard InChI is InChI=1S/C20H18N4O5/c1-28-17-8-7-12(9-18(17)29-2)15-10-16(23-22-15)19(25)24-21-11-13-5-3-4-6-14(13)20(26)27/h3-11H,1-2H3,(H,22,23)(H,24,25)(H,26,27)/p-1. The number of carboxylic acid groups (broad SMARTS) is 1. The van der Waals surface area contributed by atoms with E-state index in [9.17, 15) is 14.7 Å². The van der Waals surface area contributed by atoms with Crippen molar-refractivity contribution in [3.05, 3.63) is 65.4 Å². The first-order valence-corrected chi connectivity index (χ1v) is 8.45. The number of aromatic carboxylic acids is 1. The molecule has 1 aromatic heterocycles. The van der Waals surface area contributed by atoms with E-state index in [0.717, 1.165) is 5.56 Å². The van der Waals surface area contributed by atoms with Crippen LogP contribution in [-0.4, -0.2) is 42.5 Å². The Bertz CT molecular complexity index is 1070. The number of aromatic amines is 1. The molecule has 1 heterocycles. The molecule has 0 unspecified atom stereocenters. The highest BCUT2D eigenvalue weighted by Gasteiger charge is 2.12. The largest absolute Gasteiger partial charge is 0.545 e. The van der Waals surface area contributed by atoms with Crippen molar-refractivity contribution in [1.82, 2.24) is 15.6 Å². The van der Waals surface area contributed by atoms with Gasteiger partial charge in [-0.1, -0.05) is 24.3 Å². The zero-order chi connectivity index (χ0) is 20.8. The summed E-state index contributed by atoms with van der Waals surface area (Å²) in [5, 5.41) is 21.6. The van der Waals surface area contributed by atoms with E-state index >= 15 is 0 Å². The summed E-state index contributed by atoms with van der Waals surface area (Å²) >= 11 is 0. The van der Waals surface area contributed by atoms with Gasteiger partial charge in [0.2, 0.25) is 0 Å². The number of aromatic nitrogens is 2. The van der Waals surface area contributed by atoms with Crippen LogP contribution in [0.5, 0.6) is 11.5 Å². The SMILES string of the molecule is COc1ccc(-c2cc(C(=O)NN=Cc3ccccc3C(=O)[O-])[nH]n2)cc1OC. The normalized spacial score (nSPS) is 10.7. The lowest BCUT2D eigenvalue weighted by molar-refractivity contribution is -0.255. The number of carbonyl (C=O) groups is 2. The number of carboxylic acids is 1. The van der Waals surface area contributed by atoms with Gasteiger partial charge in [-0.05, 0) is 24.3 Å². The molecule has 0 spiro atoms. The van der Waals surface area contributed by atoms with E-state index in [1.165, 1.54) is 19.4 Å². The minimum absolute atomic E-state index is 0.0252. The van der Waals surface area contributed by atoms with Crippen LogP contribution in [0.3, 0.4) is 0 Å². The number of benzene rings is 2. The van der Waals surface area contributed by atoms with Crippen molar-refractivity contribution in [3.63, 3.8) is 0 Å². The fourth-order valence-corrected chi connectivity index (χ4v) is 2.60. The second-order valence-electron chi connectivity index (χ2n) is 5.81. The van der Waals surface area contributed by atoms with E-state index in [-0.39, 0.29) is 11.3 Å². The summed E-state index contributed by atoms with van der Waals surface area (Å²) < 4.78 is 10.5. The molecule has 1 amide bonds. The molecule has 0 aliphatic heterocycles. The Labute approximate surface area is 166 Å². The monoisotopic (exact) mass is 393 g/mol. The van der Waals surface area contributed by atoms with Crippen LogP contribution >= 0.6 is 0 Å². The molecule has 0 radical (unpaired) electrons. The smallest absolute Gasteiger partial charge is 0.289 e. The Kier molecular flexibility index (Phi) is 5.88. The number of nitrogens with zero attached hydrogens (tertiary/aromatic N) is 2. The molecule has 29 heavy (non-hydrogen) atoms. The lowest BCUT2D eigenvalue weighted by atomic mass is 10.1. The van der Waals surface area contributed by atoms with Gasteiger partial charge in [-0.3, -0.25) is 9.89 Å².